The van der Waals surface area contributed by atoms with Crippen LogP contribution in [0.15, 0.2) is 12.4 Å². The lowest BCUT2D eigenvalue weighted by Gasteiger charge is -2.03. The van der Waals surface area contributed by atoms with Gasteiger partial charge in [-0.25, -0.2) is 9.97 Å². The number of esters is 1. The van der Waals surface area contributed by atoms with Gasteiger partial charge in [-0.05, 0) is 0 Å². The second-order valence-corrected chi connectivity index (χ2v) is 2.49. The minimum atomic E-state index is -0.689. The molecule has 0 aliphatic rings. The van der Waals surface area contributed by atoms with E-state index in [4.69, 9.17) is 5.11 Å². The second-order valence-electron chi connectivity index (χ2n) is 2.49. The summed E-state index contributed by atoms with van der Waals surface area (Å²) in [4.78, 5) is 29.1. The Balaban J connectivity index is 2.62. The number of methoxy groups -OCH3 is 1. The average Bonchev–Trinajstić information content (AvgIpc) is 2.26. The highest BCUT2D eigenvalue weighted by Gasteiger charge is 2.14. The molecule has 7 nitrogen and oxygen atoms in total. The zero-order valence-electron chi connectivity index (χ0n) is 7.93. The molecule has 1 aromatic heterocycles. The molecule has 0 bridgehead atoms. The van der Waals surface area contributed by atoms with Crippen molar-refractivity contribution >= 4 is 11.9 Å². The van der Waals surface area contributed by atoms with Crippen molar-refractivity contribution in [1.29, 1.82) is 0 Å². The SMILES string of the molecule is COC(=O)CNC(=O)c1nccnc1O. The number of aromatic hydroxyl groups is 1. The van der Waals surface area contributed by atoms with Crippen molar-refractivity contribution in [3.05, 3.63) is 18.1 Å². The molecule has 0 saturated heterocycles. The standard InChI is InChI=1S/C8H9N3O4/c1-15-5(12)4-11-8(14)6-7(13)10-3-2-9-6/h2-3H,4H2,1H3,(H,10,13)(H,11,14). The van der Waals surface area contributed by atoms with Gasteiger partial charge in [0.25, 0.3) is 5.91 Å². The fourth-order valence-electron chi connectivity index (χ4n) is 0.799. The number of nitrogens with zero attached hydrogens (tertiary/aromatic N) is 2. The zero-order chi connectivity index (χ0) is 11.3. The lowest BCUT2D eigenvalue weighted by atomic mass is 10.4. The first-order chi connectivity index (χ1) is 7.15. The van der Waals surface area contributed by atoms with E-state index in [1.165, 1.54) is 19.5 Å². The van der Waals surface area contributed by atoms with E-state index in [0.717, 1.165) is 0 Å². The number of nitrogens with one attached hydrogen (secondary N) is 1. The molecule has 15 heavy (non-hydrogen) atoms. The Morgan fingerprint density at radius 2 is 2.13 bits per heavy atom. The quantitative estimate of drug-likeness (QED) is 0.627. The van der Waals surface area contributed by atoms with Gasteiger partial charge in [0.1, 0.15) is 6.54 Å². The largest absolute Gasteiger partial charge is 0.492 e. The minimum Gasteiger partial charge on any atom is -0.492 e. The molecule has 0 aliphatic heterocycles. The van der Waals surface area contributed by atoms with E-state index in [1.54, 1.807) is 0 Å². The van der Waals surface area contributed by atoms with E-state index in [2.05, 4.69) is 20.0 Å². The van der Waals surface area contributed by atoms with Gasteiger partial charge < -0.3 is 15.2 Å². The topological polar surface area (TPSA) is 101 Å². The van der Waals surface area contributed by atoms with Crippen LogP contribution >= 0.6 is 0 Å². The Hall–Kier alpha value is -2.18. The molecule has 80 valence electrons. The van der Waals surface area contributed by atoms with Gasteiger partial charge in [-0.1, -0.05) is 0 Å². The number of amides is 1. The molecular weight excluding hydrogens is 202 g/mol. The number of hydrogen-bond acceptors (Lipinski definition) is 6. The molecule has 1 amide bonds. The van der Waals surface area contributed by atoms with Gasteiger partial charge in [-0.2, -0.15) is 0 Å². The van der Waals surface area contributed by atoms with E-state index < -0.39 is 17.8 Å². The van der Waals surface area contributed by atoms with Gasteiger partial charge in [-0.15, -0.1) is 0 Å². The maximum absolute atomic E-state index is 11.3. The van der Waals surface area contributed by atoms with Crippen LogP contribution in [0.5, 0.6) is 5.88 Å². The molecule has 0 atom stereocenters. The second kappa shape index (κ2) is 4.89. The molecule has 1 heterocycles. The molecule has 7 heteroatoms. The Morgan fingerprint density at radius 1 is 1.47 bits per heavy atom. The monoisotopic (exact) mass is 211 g/mol. The van der Waals surface area contributed by atoms with Gasteiger partial charge >= 0.3 is 5.97 Å². The van der Waals surface area contributed by atoms with E-state index in [9.17, 15) is 9.59 Å². The van der Waals surface area contributed by atoms with Crippen LogP contribution in [0.25, 0.3) is 0 Å². The highest BCUT2D eigenvalue weighted by molar-refractivity contribution is 5.95. The van der Waals surface area contributed by atoms with Gasteiger partial charge in [0, 0.05) is 12.4 Å². The summed E-state index contributed by atoms with van der Waals surface area (Å²) in [6, 6.07) is 0. The number of rotatable bonds is 3. The zero-order valence-corrected chi connectivity index (χ0v) is 7.93. The van der Waals surface area contributed by atoms with Crippen LogP contribution < -0.4 is 5.32 Å². The van der Waals surface area contributed by atoms with E-state index in [1.807, 2.05) is 0 Å². The molecule has 0 aliphatic carbocycles. The van der Waals surface area contributed by atoms with Crippen molar-refractivity contribution in [2.24, 2.45) is 0 Å². The third kappa shape index (κ3) is 2.90. The number of aromatic nitrogens is 2. The highest BCUT2D eigenvalue weighted by Crippen LogP contribution is 2.07. The molecule has 0 fully saturated rings. The molecule has 0 unspecified atom stereocenters. The van der Waals surface area contributed by atoms with E-state index in [0.29, 0.717) is 0 Å². The number of carbonyl (C=O) groups excluding carboxylic acids is 2. The van der Waals surface area contributed by atoms with Gasteiger partial charge in [-0.3, -0.25) is 9.59 Å². The maximum atomic E-state index is 11.3. The van der Waals surface area contributed by atoms with Crippen LogP contribution in [0.1, 0.15) is 10.5 Å². The first kappa shape index (κ1) is 10.9. The summed E-state index contributed by atoms with van der Waals surface area (Å²) < 4.78 is 4.31. The smallest absolute Gasteiger partial charge is 0.325 e. The molecule has 0 saturated carbocycles. The van der Waals surface area contributed by atoms with Crippen LogP contribution in [0.4, 0.5) is 0 Å². The number of hydrogen-bond donors (Lipinski definition) is 2. The van der Waals surface area contributed by atoms with E-state index >= 15 is 0 Å². The Bertz CT molecular complexity index is 380. The molecule has 1 aromatic rings. The maximum Gasteiger partial charge on any atom is 0.325 e. The summed E-state index contributed by atoms with van der Waals surface area (Å²) >= 11 is 0. The van der Waals surface area contributed by atoms with Crippen molar-refractivity contribution in [1.82, 2.24) is 15.3 Å². The van der Waals surface area contributed by atoms with Crippen LogP contribution in [-0.4, -0.2) is 40.6 Å². The van der Waals surface area contributed by atoms with Gasteiger partial charge in [0.05, 0.1) is 7.11 Å². The highest BCUT2D eigenvalue weighted by atomic mass is 16.5. The van der Waals surface area contributed by atoms with Crippen molar-refractivity contribution in [2.75, 3.05) is 13.7 Å². The number of ether oxygens (including phenoxy) is 1. The minimum absolute atomic E-state index is 0.235. The average molecular weight is 211 g/mol. The van der Waals surface area contributed by atoms with Crippen LogP contribution in [0.3, 0.4) is 0 Å². The summed E-state index contributed by atoms with van der Waals surface area (Å²) in [5, 5.41) is 11.4. The van der Waals surface area contributed by atoms with Crippen LogP contribution in [0.2, 0.25) is 0 Å². The molecule has 0 spiro atoms. The lowest BCUT2D eigenvalue weighted by Crippen LogP contribution is -2.30. The Labute approximate surface area is 85.1 Å². The predicted molar refractivity (Wildman–Crippen MR) is 48.0 cm³/mol. The van der Waals surface area contributed by atoms with E-state index in [-0.39, 0.29) is 12.2 Å². The van der Waals surface area contributed by atoms with Gasteiger partial charge in [0.2, 0.25) is 5.88 Å². The van der Waals surface area contributed by atoms with Crippen molar-refractivity contribution in [3.8, 4) is 5.88 Å². The Kier molecular flexibility index (Phi) is 3.55. The fraction of sp³-hybridized carbons (Fsp3) is 0.250. The first-order valence-corrected chi connectivity index (χ1v) is 4.00. The molecule has 1 rings (SSSR count). The summed E-state index contributed by atoms with van der Waals surface area (Å²) in [7, 11) is 1.20. The Morgan fingerprint density at radius 3 is 2.73 bits per heavy atom. The normalized spacial score (nSPS) is 9.40. The molecule has 0 aromatic carbocycles. The molecule has 2 N–H and O–H groups in total. The predicted octanol–water partition coefficient (Wildman–Crippen LogP) is -0.915. The van der Waals surface area contributed by atoms with Crippen LogP contribution in [-0.2, 0) is 9.53 Å². The van der Waals surface area contributed by atoms with Crippen molar-refractivity contribution < 1.29 is 19.4 Å². The fourth-order valence-corrected chi connectivity index (χ4v) is 0.799. The lowest BCUT2D eigenvalue weighted by molar-refractivity contribution is -0.139. The molecule has 0 radical (unpaired) electrons. The number of carbonyl (C=O) groups is 2. The van der Waals surface area contributed by atoms with Crippen molar-refractivity contribution in [2.45, 2.75) is 0 Å². The summed E-state index contributed by atoms with van der Waals surface area (Å²) in [6.45, 7) is -0.286. The molecular formula is C8H9N3O4. The van der Waals surface area contributed by atoms with Crippen LogP contribution in [0, 0.1) is 0 Å². The summed E-state index contributed by atoms with van der Waals surface area (Å²) in [5.41, 5.74) is -0.235. The van der Waals surface area contributed by atoms with Gasteiger partial charge in [0.15, 0.2) is 5.69 Å². The summed E-state index contributed by atoms with van der Waals surface area (Å²) in [5.74, 6) is -1.77. The third-order valence-corrected chi connectivity index (χ3v) is 1.51. The summed E-state index contributed by atoms with van der Waals surface area (Å²) in [6.07, 6.45) is 2.50. The van der Waals surface area contributed by atoms with Crippen molar-refractivity contribution in [3.63, 3.8) is 0 Å². The third-order valence-electron chi connectivity index (χ3n) is 1.51. The first-order valence-electron chi connectivity index (χ1n) is 4.00.